The van der Waals surface area contributed by atoms with Crippen molar-refractivity contribution in [3.8, 4) is 33.6 Å². The molecule has 4 amide bonds. The number of H-pyrrole nitrogens is 2. The molecule has 2 aromatic heterocycles. The number of carbonyl (C=O) groups excluding carboxylic acids is 3. The van der Waals surface area contributed by atoms with E-state index in [2.05, 4.69) is 54.8 Å². The van der Waals surface area contributed by atoms with E-state index in [1.165, 1.54) is 6.92 Å². The summed E-state index contributed by atoms with van der Waals surface area (Å²) in [5.41, 5.74) is 6.30. The Morgan fingerprint density at radius 1 is 0.698 bits per heavy atom. The minimum atomic E-state index is -1.26. The molecule has 272 valence electrons. The number of likely N-dealkylation sites (tertiary alicyclic amines) is 2. The molecule has 5 aromatic rings. The summed E-state index contributed by atoms with van der Waals surface area (Å²) in [7, 11) is 0. The van der Waals surface area contributed by atoms with Crippen LogP contribution in [0.4, 0.5) is 4.79 Å². The average molecular weight is 715 g/mol. The van der Waals surface area contributed by atoms with Crippen LogP contribution in [0.5, 0.6) is 0 Å². The van der Waals surface area contributed by atoms with Gasteiger partial charge in [-0.15, -0.1) is 0 Å². The van der Waals surface area contributed by atoms with Gasteiger partial charge in [-0.3, -0.25) is 14.4 Å². The van der Waals surface area contributed by atoms with E-state index in [0.717, 1.165) is 65.1 Å². The van der Waals surface area contributed by atoms with Crippen molar-refractivity contribution in [2.24, 2.45) is 0 Å². The molecule has 4 heterocycles. The van der Waals surface area contributed by atoms with Crippen molar-refractivity contribution in [2.45, 2.75) is 63.7 Å². The average Bonchev–Trinajstić information content (AvgIpc) is 4.00. The van der Waals surface area contributed by atoms with Crippen molar-refractivity contribution in [1.29, 1.82) is 0 Å². The Hall–Kier alpha value is -6.24. The Morgan fingerprint density at radius 2 is 1.17 bits per heavy atom. The summed E-state index contributed by atoms with van der Waals surface area (Å²) in [5.74, 6) is 0.760. The van der Waals surface area contributed by atoms with Gasteiger partial charge in [0.2, 0.25) is 11.8 Å². The van der Waals surface area contributed by atoms with Crippen LogP contribution in [0.1, 0.15) is 74.9 Å². The summed E-state index contributed by atoms with van der Waals surface area (Å²) in [6.45, 7) is 4.26. The van der Waals surface area contributed by atoms with Crippen molar-refractivity contribution in [3.63, 3.8) is 0 Å². The standard InChI is InChI=1S/C40H42N8O5/c1-24(43-25(2)49)38(50)47-20-6-10-33(47)36-41-22-31(44-36)28-16-12-26(13-17-28)27-14-18-29(19-15-27)32-23-42-37(45-32)34-11-7-21-48(34)39(51)35(46-40(52)53)30-8-4-3-5-9-30/h3-5,8-9,12-19,22-24,33-35,46H,6-7,10-11,20-21H2,1-2H3,(H,41,44)(H,42,45)(H,43,49)(H,52,53)/t24-,33-,34-,35+/m0/s1. The number of carbonyl (C=O) groups is 4. The molecule has 0 spiro atoms. The van der Waals surface area contributed by atoms with Crippen molar-refractivity contribution in [3.05, 3.63) is 108 Å². The van der Waals surface area contributed by atoms with Crippen LogP contribution in [0.3, 0.4) is 0 Å². The summed E-state index contributed by atoms with van der Waals surface area (Å²) in [5, 5.41) is 14.6. The number of nitrogens with one attached hydrogen (secondary N) is 4. The zero-order chi connectivity index (χ0) is 37.1. The molecule has 2 aliphatic rings. The van der Waals surface area contributed by atoms with Crippen LogP contribution in [-0.2, 0) is 14.4 Å². The summed E-state index contributed by atoms with van der Waals surface area (Å²) in [6, 6.07) is 23.2. The monoisotopic (exact) mass is 714 g/mol. The van der Waals surface area contributed by atoms with E-state index >= 15 is 0 Å². The van der Waals surface area contributed by atoms with Crippen LogP contribution in [0.15, 0.2) is 91.3 Å². The number of amides is 4. The van der Waals surface area contributed by atoms with Crippen LogP contribution >= 0.6 is 0 Å². The number of hydrogen-bond donors (Lipinski definition) is 5. The number of benzene rings is 3. The lowest BCUT2D eigenvalue weighted by molar-refractivity contribution is -0.136. The Kier molecular flexibility index (Phi) is 10.1. The molecular formula is C40H42N8O5. The van der Waals surface area contributed by atoms with Gasteiger partial charge in [0.15, 0.2) is 0 Å². The third-order valence-corrected chi connectivity index (χ3v) is 10.1. The molecule has 0 aliphatic carbocycles. The van der Waals surface area contributed by atoms with Crippen molar-refractivity contribution >= 4 is 23.8 Å². The first-order chi connectivity index (χ1) is 25.7. The third-order valence-electron chi connectivity index (χ3n) is 10.1. The number of aromatic nitrogens is 4. The topological polar surface area (TPSA) is 176 Å². The maximum atomic E-state index is 13.7. The maximum Gasteiger partial charge on any atom is 0.405 e. The van der Waals surface area contributed by atoms with E-state index in [9.17, 15) is 24.3 Å². The number of imidazole rings is 2. The molecule has 53 heavy (non-hydrogen) atoms. The summed E-state index contributed by atoms with van der Waals surface area (Å²) < 4.78 is 0. The first-order valence-electron chi connectivity index (χ1n) is 17.9. The smallest absolute Gasteiger partial charge is 0.405 e. The molecule has 0 bridgehead atoms. The van der Waals surface area contributed by atoms with Crippen molar-refractivity contribution in [2.75, 3.05) is 13.1 Å². The van der Waals surface area contributed by atoms with Crippen LogP contribution in [-0.4, -0.2) is 77.8 Å². The fourth-order valence-corrected chi connectivity index (χ4v) is 7.46. The van der Waals surface area contributed by atoms with E-state index in [0.29, 0.717) is 24.5 Å². The molecule has 4 atom stereocenters. The molecule has 2 aliphatic heterocycles. The first kappa shape index (κ1) is 35.2. The van der Waals surface area contributed by atoms with Crippen LogP contribution in [0, 0.1) is 0 Å². The third kappa shape index (κ3) is 7.55. The lowest BCUT2D eigenvalue weighted by Gasteiger charge is -2.28. The first-order valence-corrected chi connectivity index (χ1v) is 17.9. The highest BCUT2D eigenvalue weighted by Gasteiger charge is 2.37. The lowest BCUT2D eigenvalue weighted by Crippen LogP contribution is -2.46. The van der Waals surface area contributed by atoms with E-state index in [4.69, 9.17) is 0 Å². The van der Waals surface area contributed by atoms with Gasteiger partial charge in [-0.1, -0.05) is 78.9 Å². The van der Waals surface area contributed by atoms with Gasteiger partial charge in [0, 0.05) is 20.0 Å². The van der Waals surface area contributed by atoms with Crippen LogP contribution < -0.4 is 10.6 Å². The van der Waals surface area contributed by atoms with Gasteiger partial charge < -0.3 is 35.5 Å². The fourth-order valence-electron chi connectivity index (χ4n) is 7.46. The lowest BCUT2D eigenvalue weighted by atomic mass is 10.0. The van der Waals surface area contributed by atoms with Crippen molar-refractivity contribution < 1.29 is 24.3 Å². The molecule has 5 N–H and O–H groups in total. The normalized spacial score (nSPS) is 18.1. The minimum Gasteiger partial charge on any atom is -0.465 e. The highest BCUT2D eigenvalue weighted by Crippen LogP contribution is 2.35. The molecule has 2 saturated heterocycles. The Bertz CT molecular complexity index is 2090. The molecule has 0 unspecified atom stereocenters. The molecule has 7 rings (SSSR count). The fraction of sp³-hybridized carbons (Fsp3) is 0.300. The maximum absolute atomic E-state index is 13.7. The highest BCUT2D eigenvalue weighted by atomic mass is 16.4. The van der Waals surface area contributed by atoms with Gasteiger partial charge in [0.05, 0.1) is 35.9 Å². The van der Waals surface area contributed by atoms with E-state index in [1.807, 2.05) is 30.3 Å². The van der Waals surface area contributed by atoms with E-state index < -0.39 is 18.2 Å². The van der Waals surface area contributed by atoms with Gasteiger partial charge in [-0.2, -0.15) is 0 Å². The van der Waals surface area contributed by atoms with E-state index in [-0.39, 0.29) is 29.8 Å². The number of hydrogen-bond acceptors (Lipinski definition) is 6. The summed E-state index contributed by atoms with van der Waals surface area (Å²) in [6.07, 6.45) is 5.50. The van der Waals surface area contributed by atoms with Crippen molar-refractivity contribution in [1.82, 2.24) is 40.4 Å². The number of rotatable bonds is 10. The molecule has 0 saturated carbocycles. The number of nitrogens with zero attached hydrogens (tertiary/aromatic N) is 4. The predicted octanol–water partition coefficient (Wildman–Crippen LogP) is 5.99. The summed E-state index contributed by atoms with van der Waals surface area (Å²) in [4.78, 5) is 69.4. The molecule has 0 radical (unpaired) electrons. The zero-order valence-corrected chi connectivity index (χ0v) is 29.6. The van der Waals surface area contributed by atoms with Crippen LogP contribution in [0.25, 0.3) is 33.6 Å². The van der Waals surface area contributed by atoms with E-state index in [1.54, 1.807) is 53.4 Å². The second kappa shape index (κ2) is 15.2. The minimum absolute atomic E-state index is 0.110. The quantitative estimate of drug-likeness (QED) is 0.118. The number of aromatic amines is 2. The Morgan fingerprint density at radius 3 is 1.64 bits per heavy atom. The molecular weight excluding hydrogens is 672 g/mol. The summed E-state index contributed by atoms with van der Waals surface area (Å²) >= 11 is 0. The highest BCUT2D eigenvalue weighted by molar-refractivity contribution is 5.88. The van der Waals surface area contributed by atoms with Gasteiger partial charge in [-0.05, 0) is 60.4 Å². The van der Waals surface area contributed by atoms with Gasteiger partial charge in [0.1, 0.15) is 23.7 Å². The molecule has 13 nitrogen and oxygen atoms in total. The predicted molar refractivity (Wildman–Crippen MR) is 198 cm³/mol. The zero-order valence-electron chi connectivity index (χ0n) is 29.6. The SMILES string of the molecule is CC(=O)N[C@@H](C)C(=O)N1CCC[C@H]1c1ncc(-c2ccc(-c3ccc(-c4cnc([C@@H]5CCCN5C(=O)[C@H](NC(=O)O)c5ccccc5)[nH]4)cc3)cc2)[nH]1. The van der Waals surface area contributed by atoms with Crippen LogP contribution in [0.2, 0.25) is 0 Å². The Labute approximate surface area is 306 Å². The molecule has 2 fully saturated rings. The Balaban J connectivity index is 1.01. The molecule has 13 heteroatoms. The second-order valence-corrected chi connectivity index (χ2v) is 13.6. The number of carboxylic acid groups (broad SMARTS) is 1. The van der Waals surface area contributed by atoms with Gasteiger partial charge in [-0.25, -0.2) is 14.8 Å². The second-order valence-electron chi connectivity index (χ2n) is 13.6. The largest absolute Gasteiger partial charge is 0.465 e. The van der Waals surface area contributed by atoms with Gasteiger partial charge >= 0.3 is 6.09 Å². The molecule has 3 aromatic carbocycles. The van der Waals surface area contributed by atoms with Gasteiger partial charge in [0.25, 0.3) is 5.91 Å².